The second-order valence-electron chi connectivity index (χ2n) is 13.0. The molecule has 15 nitrogen and oxygen atoms in total. The highest BCUT2D eigenvalue weighted by Crippen LogP contribution is 2.33. The quantitative estimate of drug-likeness (QED) is 0.0883. The van der Waals surface area contributed by atoms with E-state index in [-0.39, 0.29) is 42.2 Å². The molecule has 1 aliphatic heterocycles. The van der Waals surface area contributed by atoms with E-state index in [1.165, 1.54) is 11.3 Å². The number of carbonyl (C=O) groups is 5. The number of fused-ring (bicyclic) bond motifs is 1. The normalized spacial score (nSPS) is 13.8. The summed E-state index contributed by atoms with van der Waals surface area (Å²) in [6.45, 7) is 2.22. The molecule has 1 unspecified atom stereocenters. The van der Waals surface area contributed by atoms with E-state index in [9.17, 15) is 24.0 Å². The van der Waals surface area contributed by atoms with Gasteiger partial charge in [0.2, 0.25) is 5.91 Å². The number of nitrogens with one attached hydrogen (secondary N) is 4. The third kappa shape index (κ3) is 11.4. The summed E-state index contributed by atoms with van der Waals surface area (Å²) in [4.78, 5) is 68.7. The fourth-order valence-electron chi connectivity index (χ4n) is 5.69. The van der Waals surface area contributed by atoms with Crippen LogP contribution in [0.4, 0.5) is 11.4 Å². The molecule has 4 aromatic rings. The van der Waals surface area contributed by atoms with Crippen LogP contribution in [-0.4, -0.2) is 97.6 Å². The van der Waals surface area contributed by atoms with Gasteiger partial charge in [-0.3, -0.25) is 24.0 Å². The average Bonchev–Trinajstić information content (AvgIpc) is 3.91. The fraction of sp³-hybridized carbons (Fsp3) is 0.333. The number of nitrogens with two attached hydrogens (primary N) is 1. The Morgan fingerprint density at radius 1 is 0.891 bits per heavy atom. The van der Waals surface area contributed by atoms with Crippen molar-refractivity contribution in [3.05, 3.63) is 106 Å². The Labute approximate surface area is 321 Å². The molecule has 0 saturated heterocycles. The third-order valence-electron chi connectivity index (χ3n) is 8.78. The number of benzene rings is 3. The fourth-order valence-corrected chi connectivity index (χ4v) is 6.26. The maximum atomic E-state index is 13.5. The SMILES string of the molecule is NC(Cc1cscn1)C(=O)NCCOCCOCCNC(=O)c1ccc(NC(=O)c2ccc(CN(C(=O)c3ccc4c(c3)OCC(=O)N4)C3CC3)cc2)cc1. The molecule has 6 N–H and O–H groups in total. The van der Waals surface area contributed by atoms with E-state index >= 15 is 0 Å². The highest BCUT2D eigenvalue weighted by Gasteiger charge is 2.33. The second-order valence-corrected chi connectivity index (χ2v) is 13.7. The lowest BCUT2D eigenvalue weighted by Gasteiger charge is -2.24. The number of thiazole rings is 1. The van der Waals surface area contributed by atoms with Crippen molar-refractivity contribution in [2.24, 2.45) is 5.73 Å². The zero-order valence-corrected chi connectivity index (χ0v) is 30.9. The number of ether oxygens (including phenoxy) is 3. The van der Waals surface area contributed by atoms with Gasteiger partial charge in [-0.2, -0.15) is 0 Å². The highest BCUT2D eigenvalue weighted by molar-refractivity contribution is 7.07. The van der Waals surface area contributed by atoms with Gasteiger partial charge in [-0.15, -0.1) is 11.3 Å². The van der Waals surface area contributed by atoms with Crippen LogP contribution < -0.4 is 31.7 Å². The number of nitrogens with zero attached hydrogens (tertiary/aromatic N) is 2. The zero-order chi connectivity index (χ0) is 38.6. The summed E-state index contributed by atoms with van der Waals surface area (Å²) in [5.74, 6) is -0.725. The van der Waals surface area contributed by atoms with Gasteiger partial charge in [-0.05, 0) is 73.0 Å². The summed E-state index contributed by atoms with van der Waals surface area (Å²) in [6.07, 6.45) is 2.23. The molecular weight excluding hydrogens is 727 g/mol. The second kappa shape index (κ2) is 19.1. The predicted octanol–water partition coefficient (Wildman–Crippen LogP) is 2.98. The van der Waals surface area contributed by atoms with Crippen molar-refractivity contribution in [2.75, 3.05) is 56.8 Å². The molecular formula is C39H43N7O8S. The Morgan fingerprint density at radius 2 is 1.56 bits per heavy atom. The smallest absolute Gasteiger partial charge is 0.262 e. The molecule has 0 spiro atoms. The summed E-state index contributed by atoms with van der Waals surface area (Å²) in [5.41, 5.74) is 11.7. The molecule has 55 heavy (non-hydrogen) atoms. The molecule has 6 rings (SSSR count). The van der Waals surface area contributed by atoms with Gasteiger partial charge in [0.15, 0.2) is 6.61 Å². The molecule has 16 heteroatoms. The van der Waals surface area contributed by atoms with Crippen LogP contribution in [0.3, 0.4) is 0 Å². The molecule has 0 bridgehead atoms. The van der Waals surface area contributed by atoms with Crippen molar-refractivity contribution in [3.63, 3.8) is 0 Å². The van der Waals surface area contributed by atoms with E-state index in [0.717, 1.165) is 24.1 Å². The minimum atomic E-state index is -0.662. The van der Waals surface area contributed by atoms with Crippen LogP contribution in [0.2, 0.25) is 0 Å². The maximum Gasteiger partial charge on any atom is 0.262 e. The molecule has 3 aromatic carbocycles. The zero-order valence-electron chi connectivity index (χ0n) is 30.1. The van der Waals surface area contributed by atoms with Crippen LogP contribution >= 0.6 is 11.3 Å². The van der Waals surface area contributed by atoms with Crippen LogP contribution in [-0.2, 0) is 32.0 Å². The Balaban J connectivity index is 0.858. The van der Waals surface area contributed by atoms with Crippen LogP contribution in [0.5, 0.6) is 5.75 Å². The van der Waals surface area contributed by atoms with Gasteiger partial charge in [-0.25, -0.2) is 4.98 Å². The number of hydrogen-bond acceptors (Lipinski definition) is 11. The van der Waals surface area contributed by atoms with Gasteiger partial charge in [0, 0.05) is 59.9 Å². The van der Waals surface area contributed by atoms with Crippen LogP contribution in [0, 0.1) is 0 Å². The highest BCUT2D eigenvalue weighted by atomic mass is 32.1. The van der Waals surface area contributed by atoms with Gasteiger partial charge < -0.3 is 46.1 Å². The van der Waals surface area contributed by atoms with Crippen LogP contribution in [0.25, 0.3) is 0 Å². The van der Waals surface area contributed by atoms with E-state index in [1.807, 2.05) is 22.4 Å². The first kappa shape index (κ1) is 39.0. The lowest BCUT2D eigenvalue weighted by molar-refractivity contribution is -0.122. The summed E-state index contributed by atoms with van der Waals surface area (Å²) < 4.78 is 16.5. The molecule has 1 atom stereocenters. The van der Waals surface area contributed by atoms with Crippen molar-refractivity contribution in [1.29, 1.82) is 0 Å². The Kier molecular flexibility index (Phi) is 13.5. The first-order valence-corrected chi connectivity index (χ1v) is 18.9. The number of amides is 5. The largest absolute Gasteiger partial charge is 0.482 e. The van der Waals surface area contributed by atoms with E-state index in [1.54, 1.807) is 60.1 Å². The monoisotopic (exact) mass is 769 g/mol. The van der Waals surface area contributed by atoms with Crippen LogP contribution in [0.1, 0.15) is 55.2 Å². The first-order chi connectivity index (χ1) is 26.7. The maximum absolute atomic E-state index is 13.5. The van der Waals surface area contributed by atoms with E-state index in [0.29, 0.717) is 86.3 Å². The topological polar surface area (TPSA) is 203 Å². The summed E-state index contributed by atoms with van der Waals surface area (Å²) in [7, 11) is 0. The van der Waals surface area contributed by atoms with Gasteiger partial charge in [0.25, 0.3) is 23.6 Å². The number of aromatic nitrogens is 1. The number of anilines is 2. The van der Waals surface area contributed by atoms with E-state index in [4.69, 9.17) is 19.9 Å². The Morgan fingerprint density at radius 3 is 2.25 bits per heavy atom. The molecule has 5 amide bonds. The van der Waals surface area contributed by atoms with Crippen molar-refractivity contribution in [1.82, 2.24) is 20.5 Å². The number of hydrogen-bond donors (Lipinski definition) is 5. The van der Waals surface area contributed by atoms with Crippen molar-refractivity contribution in [3.8, 4) is 5.75 Å². The predicted molar refractivity (Wildman–Crippen MR) is 205 cm³/mol. The summed E-state index contributed by atoms with van der Waals surface area (Å²) >= 11 is 1.46. The van der Waals surface area contributed by atoms with Crippen molar-refractivity contribution < 1.29 is 38.2 Å². The lowest BCUT2D eigenvalue weighted by Crippen LogP contribution is -2.43. The standard InChI is InChI=1S/C39H43N7O8S/c40-32(20-30-23-55-24-43-30)38(50)42-14-16-53-18-17-52-15-13-41-36(48)26-5-8-29(9-6-26)44-37(49)27-3-1-25(2-4-27)21-46(31-10-11-31)39(51)28-7-12-33-34(19-28)54-22-35(47)45-33/h1-9,12,19,23-24,31-32H,10-11,13-18,20-22,40H2,(H,41,48)(H,42,50)(H,44,49)(H,45,47). The molecule has 2 heterocycles. The minimum absolute atomic E-state index is 0.0887. The Hall–Kier alpha value is -5.68. The molecule has 1 aromatic heterocycles. The molecule has 1 fully saturated rings. The van der Waals surface area contributed by atoms with Gasteiger partial charge in [0.05, 0.1) is 49.4 Å². The third-order valence-corrected chi connectivity index (χ3v) is 9.42. The van der Waals surface area contributed by atoms with Crippen molar-refractivity contribution >= 4 is 52.2 Å². The van der Waals surface area contributed by atoms with Gasteiger partial charge in [-0.1, -0.05) is 12.1 Å². The number of carbonyl (C=O) groups excluding carboxylic acids is 5. The van der Waals surface area contributed by atoms with Gasteiger partial charge >= 0.3 is 0 Å². The van der Waals surface area contributed by atoms with Gasteiger partial charge in [0.1, 0.15) is 5.75 Å². The molecule has 1 saturated carbocycles. The summed E-state index contributed by atoms with van der Waals surface area (Å²) in [5, 5.41) is 13.0. The van der Waals surface area contributed by atoms with E-state index in [2.05, 4.69) is 26.3 Å². The Bertz CT molecular complexity index is 1950. The van der Waals surface area contributed by atoms with Crippen molar-refractivity contribution in [2.45, 2.75) is 37.9 Å². The molecule has 1 aliphatic carbocycles. The lowest BCUT2D eigenvalue weighted by atomic mass is 10.1. The number of rotatable bonds is 19. The van der Waals surface area contributed by atoms with Crippen LogP contribution in [0.15, 0.2) is 77.6 Å². The average molecular weight is 770 g/mol. The summed E-state index contributed by atoms with van der Waals surface area (Å²) in [6, 6.07) is 18.2. The molecule has 0 radical (unpaired) electrons. The van der Waals surface area contributed by atoms with E-state index < -0.39 is 6.04 Å². The molecule has 288 valence electrons. The minimum Gasteiger partial charge on any atom is -0.482 e. The molecule has 2 aliphatic rings. The first-order valence-electron chi connectivity index (χ1n) is 18.0.